The van der Waals surface area contributed by atoms with Crippen molar-refractivity contribution in [1.29, 1.82) is 0 Å². The van der Waals surface area contributed by atoms with Gasteiger partial charge in [0.1, 0.15) is 6.10 Å². The molecule has 0 aliphatic carbocycles. The molecular weight excluding hydrogens is 313 g/mol. The van der Waals surface area contributed by atoms with E-state index in [1.54, 1.807) is 0 Å². The molecule has 0 saturated heterocycles. The molecule has 0 bridgehead atoms. The SMILES string of the molecule is CC(C)c1[c]c(C(C)C)cc(C(O)c2ccc(C(F)(F)F)cc2)c1. The fraction of sp³-hybridized carbons (Fsp3) is 0.400. The number of aliphatic hydroxyl groups excluding tert-OH is 1. The van der Waals surface area contributed by atoms with E-state index in [1.807, 2.05) is 39.8 Å². The molecule has 129 valence electrons. The van der Waals surface area contributed by atoms with E-state index >= 15 is 0 Å². The average Bonchev–Trinajstić information content (AvgIpc) is 2.53. The predicted octanol–water partition coefficient (Wildman–Crippen LogP) is 5.83. The zero-order valence-electron chi connectivity index (χ0n) is 14.3. The van der Waals surface area contributed by atoms with Gasteiger partial charge in [-0.25, -0.2) is 0 Å². The molecule has 2 rings (SSSR count). The molecule has 2 aromatic carbocycles. The lowest BCUT2D eigenvalue weighted by atomic mass is 9.90. The molecule has 0 aromatic heterocycles. The molecule has 0 saturated carbocycles. The monoisotopic (exact) mass is 335 g/mol. The third kappa shape index (κ3) is 4.18. The molecule has 1 unspecified atom stereocenters. The van der Waals surface area contributed by atoms with Gasteiger partial charge >= 0.3 is 6.18 Å². The average molecular weight is 335 g/mol. The molecule has 0 heterocycles. The second-order valence-corrected chi connectivity index (χ2v) is 6.66. The summed E-state index contributed by atoms with van der Waals surface area (Å²) < 4.78 is 38.0. The number of hydrogen-bond acceptors (Lipinski definition) is 1. The van der Waals surface area contributed by atoms with E-state index < -0.39 is 17.8 Å². The normalized spacial score (nSPS) is 13.6. The molecule has 0 amide bonds. The molecule has 1 nitrogen and oxygen atoms in total. The summed E-state index contributed by atoms with van der Waals surface area (Å²) in [7, 11) is 0. The minimum Gasteiger partial charge on any atom is -0.384 e. The van der Waals surface area contributed by atoms with E-state index in [1.165, 1.54) is 12.1 Å². The minimum absolute atomic E-state index is 0.252. The van der Waals surface area contributed by atoms with Gasteiger partial charge in [-0.05, 0) is 52.3 Å². The first-order valence-electron chi connectivity index (χ1n) is 8.02. The highest BCUT2D eigenvalue weighted by atomic mass is 19.4. The van der Waals surface area contributed by atoms with E-state index in [4.69, 9.17) is 0 Å². The Bertz CT molecular complexity index is 659. The molecule has 0 aliphatic heterocycles. The van der Waals surface area contributed by atoms with Crippen LogP contribution in [0.1, 0.15) is 73.5 Å². The Morgan fingerprint density at radius 1 is 0.833 bits per heavy atom. The van der Waals surface area contributed by atoms with Crippen LogP contribution < -0.4 is 0 Å². The van der Waals surface area contributed by atoms with Crippen LogP contribution in [0.4, 0.5) is 13.2 Å². The largest absolute Gasteiger partial charge is 0.416 e. The zero-order valence-corrected chi connectivity index (χ0v) is 14.3. The molecule has 0 aliphatic rings. The van der Waals surface area contributed by atoms with Crippen molar-refractivity contribution in [1.82, 2.24) is 0 Å². The van der Waals surface area contributed by atoms with Crippen LogP contribution in [0, 0.1) is 6.07 Å². The Labute approximate surface area is 141 Å². The molecule has 1 radical (unpaired) electrons. The van der Waals surface area contributed by atoms with Gasteiger partial charge in [-0.2, -0.15) is 13.2 Å². The third-order valence-corrected chi connectivity index (χ3v) is 4.05. The standard InChI is InChI=1S/C20H22F3O/c1-12(2)15-9-16(13(3)4)11-17(10-15)19(24)14-5-7-18(8-6-14)20(21,22)23/h5-8,10-13,19,24H,1-4H3. The number of rotatable bonds is 4. The molecular formula is C20H22F3O. The lowest BCUT2D eigenvalue weighted by Crippen LogP contribution is -2.07. The van der Waals surface area contributed by atoms with Crippen LogP contribution in [-0.4, -0.2) is 5.11 Å². The molecule has 0 spiro atoms. The lowest BCUT2D eigenvalue weighted by Gasteiger charge is -2.18. The zero-order chi connectivity index (χ0) is 18.1. The van der Waals surface area contributed by atoms with Gasteiger partial charge in [-0.15, -0.1) is 0 Å². The van der Waals surface area contributed by atoms with Crippen LogP contribution in [0.5, 0.6) is 0 Å². The van der Waals surface area contributed by atoms with Gasteiger partial charge in [0, 0.05) is 0 Å². The molecule has 2 aromatic rings. The highest BCUT2D eigenvalue weighted by Crippen LogP contribution is 2.32. The fourth-order valence-electron chi connectivity index (χ4n) is 2.47. The van der Waals surface area contributed by atoms with Gasteiger partial charge < -0.3 is 5.11 Å². The summed E-state index contributed by atoms with van der Waals surface area (Å²) in [4.78, 5) is 0. The topological polar surface area (TPSA) is 20.2 Å². The Hall–Kier alpha value is -1.81. The smallest absolute Gasteiger partial charge is 0.384 e. The minimum atomic E-state index is -4.37. The molecule has 24 heavy (non-hydrogen) atoms. The molecule has 0 fully saturated rings. The Balaban J connectivity index is 2.40. The van der Waals surface area contributed by atoms with Gasteiger partial charge in [0.15, 0.2) is 0 Å². The van der Waals surface area contributed by atoms with E-state index in [0.29, 0.717) is 11.1 Å². The van der Waals surface area contributed by atoms with E-state index in [0.717, 1.165) is 23.3 Å². The molecule has 4 heteroatoms. The van der Waals surface area contributed by atoms with Crippen LogP contribution in [0.15, 0.2) is 36.4 Å². The van der Waals surface area contributed by atoms with Gasteiger partial charge in [0.05, 0.1) is 5.56 Å². The molecule has 1 N–H and O–H groups in total. The first kappa shape index (κ1) is 18.5. The van der Waals surface area contributed by atoms with E-state index in [-0.39, 0.29) is 11.8 Å². The van der Waals surface area contributed by atoms with Crippen LogP contribution in [0.25, 0.3) is 0 Å². The second-order valence-electron chi connectivity index (χ2n) is 6.66. The Morgan fingerprint density at radius 3 is 1.67 bits per heavy atom. The predicted molar refractivity (Wildman–Crippen MR) is 89.0 cm³/mol. The highest BCUT2D eigenvalue weighted by Gasteiger charge is 2.30. The number of alkyl halides is 3. The van der Waals surface area contributed by atoms with Crippen molar-refractivity contribution in [3.05, 3.63) is 70.3 Å². The summed E-state index contributed by atoms with van der Waals surface area (Å²) in [6.07, 6.45) is -5.34. The third-order valence-electron chi connectivity index (χ3n) is 4.05. The van der Waals surface area contributed by atoms with Crippen LogP contribution >= 0.6 is 0 Å². The summed E-state index contributed by atoms with van der Waals surface area (Å²) in [5.41, 5.74) is 2.38. The van der Waals surface area contributed by atoms with Gasteiger partial charge in [-0.3, -0.25) is 0 Å². The Kier molecular flexibility index (Phi) is 5.38. The van der Waals surface area contributed by atoms with Crippen molar-refractivity contribution >= 4 is 0 Å². The van der Waals surface area contributed by atoms with Crippen molar-refractivity contribution in [3.8, 4) is 0 Å². The number of aliphatic hydroxyl groups is 1. The fourth-order valence-corrected chi connectivity index (χ4v) is 2.47. The number of hydrogen-bond donors (Lipinski definition) is 1. The number of halogens is 3. The quantitative estimate of drug-likeness (QED) is 0.745. The van der Waals surface area contributed by atoms with Crippen LogP contribution in [-0.2, 0) is 6.18 Å². The highest BCUT2D eigenvalue weighted by molar-refractivity contribution is 5.38. The van der Waals surface area contributed by atoms with E-state index in [9.17, 15) is 18.3 Å². The second kappa shape index (κ2) is 6.98. The van der Waals surface area contributed by atoms with Crippen molar-refractivity contribution in [2.24, 2.45) is 0 Å². The van der Waals surface area contributed by atoms with Crippen molar-refractivity contribution in [2.45, 2.75) is 51.8 Å². The van der Waals surface area contributed by atoms with Crippen molar-refractivity contribution in [3.63, 3.8) is 0 Å². The summed E-state index contributed by atoms with van der Waals surface area (Å²) in [6.45, 7) is 8.18. The maximum absolute atomic E-state index is 12.7. The maximum atomic E-state index is 12.7. The van der Waals surface area contributed by atoms with Gasteiger partial charge in [0.25, 0.3) is 0 Å². The maximum Gasteiger partial charge on any atom is 0.416 e. The van der Waals surface area contributed by atoms with Crippen LogP contribution in [0.3, 0.4) is 0 Å². The number of benzene rings is 2. The van der Waals surface area contributed by atoms with Crippen molar-refractivity contribution < 1.29 is 18.3 Å². The molecule has 1 atom stereocenters. The first-order chi connectivity index (χ1) is 11.1. The summed E-state index contributed by atoms with van der Waals surface area (Å²) in [5.74, 6) is 0.504. The summed E-state index contributed by atoms with van der Waals surface area (Å²) in [5, 5.41) is 10.6. The van der Waals surface area contributed by atoms with Gasteiger partial charge in [0.2, 0.25) is 0 Å². The van der Waals surface area contributed by atoms with Crippen LogP contribution in [0.2, 0.25) is 0 Å². The summed E-state index contributed by atoms with van der Waals surface area (Å²) >= 11 is 0. The first-order valence-corrected chi connectivity index (χ1v) is 8.02. The lowest BCUT2D eigenvalue weighted by molar-refractivity contribution is -0.137. The van der Waals surface area contributed by atoms with E-state index in [2.05, 4.69) is 6.07 Å². The summed E-state index contributed by atoms with van der Waals surface area (Å²) in [6, 6.07) is 11.8. The Morgan fingerprint density at radius 2 is 1.29 bits per heavy atom. The van der Waals surface area contributed by atoms with Crippen molar-refractivity contribution in [2.75, 3.05) is 0 Å². The van der Waals surface area contributed by atoms with Gasteiger partial charge in [-0.1, -0.05) is 52.0 Å².